The van der Waals surface area contributed by atoms with E-state index in [1.807, 2.05) is 0 Å². The summed E-state index contributed by atoms with van der Waals surface area (Å²) in [4.78, 5) is 0. The molecule has 1 aliphatic rings. The van der Waals surface area contributed by atoms with E-state index in [1.165, 1.54) is 25.7 Å². The maximum Gasteiger partial charge on any atom is 0.0809 e. The number of allylic oxidation sites excluding steroid dienone is 3. The topological polar surface area (TPSA) is 40.5 Å². The third-order valence-corrected chi connectivity index (χ3v) is 5.43. The second-order valence-electron chi connectivity index (χ2n) is 10.4. The van der Waals surface area contributed by atoms with Crippen molar-refractivity contribution in [2.45, 2.75) is 98.7 Å². The van der Waals surface area contributed by atoms with Crippen LogP contribution in [0.5, 0.6) is 0 Å². The summed E-state index contributed by atoms with van der Waals surface area (Å²) in [6.07, 6.45) is 12.6. The smallest absolute Gasteiger partial charge is 0.0809 e. The zero-order valence-electron chi connectivity index (χ0n) is 18.0. The van der Waals surface area contributed by atoms with Crippen molar-refractivity contribution in [3.63, 3.8) is 0 Å². The predicted octanol–water partition coefficient (Wildman–Crippen LogP) is 6.20. The minimum Gasteiger partial charge on any atom is -0.388 e. The Kier molecular flexibility index (Phi) is 8.82. The number of hydrogen-bond acceptors (Lipinski definition) is 2. The summed E-state index contributed by atoms with van der Waals surface area (Å²) in [5.74, 6) is 0.758. The van der Waals surface area contributed by atoms with Gasteiger partial charge in [0.2, 0.25) is 0 Å². The molecular formula is C24H42O2. The van der Waals surface area contributed by atoms with Crippen LogP contribution in [-0.4, -0.2) is 22.4 Å². The van der Waals surface area contributed by atoms with E-state index in [-0.39, 0.29) is 0 Å². The molecule has 0 radical (unpaired) electrons. The van der Waals surface area contributed by atoms with E-state index in [2.05, 4.69) is 66.3 Å². The highest BCUT2D eigenvalue weighted by Gasteiger charge is 2.25. The molecule has 0 saturated heterocycles. The molecule has 150 valence electrons. The monoisotopic (exact) mass is 362 g/mol. The lowest BCUT2D eigenvalue weighted by atomic mass is 9.78. The van der Waals surface area contributed by atoms with Crippen molar-refractivity contribution in [3.05, 3.63) is 36.0 Å². The van der Waals surface area contributed by atoms with E-state index in [1.54, 1.807) is 0 Å². The van der Waals surface area contributed by atoms with Crippen molar-refractivity contribution in [2.75, 3.05) is 0 Å². The molecule has 26 heavy (non-hydrogen) atoms. The average molecular weight is 363 g/mol. The molecule has 2 nitrogen and oxygen atoms in total. The van der Waals surface area contributed by atoms with Gasteiger partial charge in [0.25, 0.3) is 0 Å². The maximum atomic E-state index is 9.90. The van der Waals surface area contributed by atoms with Crippen LogP contribution in [0.4, 0.5) is 0 Å². The molecule has 2 N–H and O–H groups in total. The summed E-state index contributed by atoms with van der Waals surface area (Å²) in [6, 6.07) is 0. The maximum absolute atomic E-state index is 9.90. The molecular weight excluding hydrogens is 320 g/mol. The molecule has 1 saturated carbocycles. The first-order valence-corrected chi connectivity index (χ1v) is 10.3. The van der Waals surface area contributed by atoms with E-state index in [0.717, 1.165) is 17.9 Å². The Bertz CT molecular complexity index is 489. The van der Waals surface area contributed by atoms with Crippen LogP contribution in [0.2, 0.25) is 0 Å². The molecule has 2 heteroatoms. The Morgan fingerprint density at radius 1 is 1.12 bits per heavy atom. The lowest BCUT2D eigenvalue weighted by Crippen LogP contribution is -2.27. The summed E-state index contributed by atoms with van der Waals surface area (Å²) in [7, 11) is 0. The van der Waals surface area contributed by atoms with Gasteiger partial charge in [-0.3, -0.25) is 0 Å². The van der Waals surface area contributed by atoms with Gasteiger partial charge in [0.15, 0.2) is 0 Å². The fourth-order valence-electron chi connectivity index (χ4n) is 3.90. The summed E-state index contributed by atoms with van der Waals surface area (Å²) in [5, 5.41) is 19.8. The van der Waals surface area contributed by atoms with Crippen LogP contribution in [0, 0.1) is 16.7 Å². The Morgan fingerprint density at radius 3 is 2.23 bits per heavy atom. The zero-order chi connectivity index (χ0) is 20.0. The largest absolute Gasteiger partial charge is 0.388 e. The van der Waals surface area contributed by atoms with Gasteiger partial charge in [0, 0.05) is 0 Å². The van der Waals surface area contributed by atoms with Crippen molar-refractivity contribution in [2.24, 2.45) is 16.7 Å². The van der Waals surface area contributed by atoms with Gasteiger partial charge in [-0.2, -0.15) is 0 Å². The number of aliphatic hydroxyl groups excluding tert-OH is 2. The van der Waals surface area contributed by atoms with Gasteiger partial charge in [0.05, 0.1) is 12.2 Å². The second kappa shape index (κ2) is 9.90. The Morgan fingerprint density at radius 2 is 1.69 bits per heavy atom. The number of hydrogen-bond donors (Lipinski definition) is 2. The van der Waals surface area contributed by atoms with Crippen LogP contribution in [-0.2, 0) is 0 Å². The quantitative estimate of drug-likeness (QED) is 0.505. The molecule has 1 aliphatic carbocycles. The molecule has 1 fully saturated rings. The first-order chi connectivity index (χ1) is 11.9. The van der Waals surface area contributed by atoms with E-state index >= 15 is 0 Å². The van der Waals surface area contributed by atoms with E-state index in [0.29, 0.717) is 29.2 Å². The van der Waals surface area contributed by atoms with Gasteiger partial charge in [-0.05, 0) is 54.4 Å². The highest BCUT2D eigenvalue weighted by Crippen LogP contribution is 2.33. The fourth-order valence-corrected chi connectivity index (χ4v) is 3.90. The molecule has 0 amide bonds. The van der Waals surface area contributed by atoms with Crippen LogP contribution < -0.4 is 0 Å². The number of rotatable bonds is 8. The van der Waals surface area contributed by atoms with Gasteiger partial charge in [0.1, 0.15) is 0 Å². The van der Waals surface area contributed by atoms with Crippen LogP contribution in [0.15, 0.2) is 36.0 Å². The van der Waals surface area contributed by atoms with Gasteiger partial charge in [-0.25, -0.2) is 0 Å². The molecule has 0 bridgehead atoms. The SMILES string of the molecule is C=C1[C@H](O)CC(=CC=CCC(C)(C)CC(C)CCCC(C)(C)C)C[C@H]1O. The highest BCUT2D eigenvalue weighted by molar-refractivity contribution is 5.25. The lowest BCUT2D eigenvalue weighted by Gasteiger charge is -2.28. The molecule has 0 heterocycles. The van der Waals surface area contributed by atoms with Crippen LogP contribution in [0.25, 0.3) is 0 Å². The molecule has 1 unspecified atom stereocenters. The van der Waals surface area contributed by atoms with Crippen LogP contribution >= 0.6 is 0 Å². The number of aliphatic hydroxyl groups is 2. The Hall–Kier alpha value is -0.860. The second-order valence-corrected chi connectivity index (χ2v) is 10.4. The van der Waals surface area contributed by atoms with Gasteiger partial charge < -0.3 is 10.2 Å². The minimum absolute atomic E-state index is 0.302. The summed E-state index contributed by atoms with van der Waals surface area (Å²) < 4.78 is 0. The van der Waals surface area contributed by atoms with Crippen LogP contribution in [0.1, 0.15) is 86.5 Å². The lowest BCUT2D eigenvalue weighted by molar-refractivity contribution is 0.123. The molecule has 0 aromatic rings. The summed E-state index contributed by atoms with van der Waals surface area (Å²) >= 11 is 0. The normalized spacial score (nSPS) is 23.5. The van der Waals surface area contributed by atoms with Gasteiger partial charge >= 0.3 is 0 Å². The minimum atomic E-state index is -0.608. The Labute approximate surface area is 162 Å². The molecule has 0 aliphatic heterocycles. The van der Waals surface area contributed by atoms with Gasteiger partial charge in [-0.1, -0.05) is 84.8 Å². The third kappa shape index (κ3) is 9.19. The van der Waals surface area contributed by atoms with Crippen molar-refractivity contribution >= 4 is 0 Å². The Balaban J connectivity index is 2.41. The van der Waals surface area contributed by atoms with Crippen molar-refractivity contribution in [1.29, 1.82) is 0 Å². The van der Waals surface area contributed by atoms with E-state index in [4.69, 9.17) is 0 Å². The molecule has 0 aromatic heterocycles. The molecule has 1 rings (SSSR count). The fraction of sp³-hybridized carbons (Fsp3) is 0.750. The summed E-state index contributed by atoms with van der Waals surface area (Å²) in [6.45, 7) is 17.8. The van der Waals surface area contributed by atoms with Crippen molar-refractivity contribution in [3.8, 4) is 0 Å². The van der Waals surface area contributed by atoms with Gasteiger partial charge in [-0.15, -0.1) is 0 Å². The van der Waals surface area contributed by atoms with Crippen molar-refractivity contribution in [1.82, 2.24) is 0 Å². The van der Waals surface area contributed by atoms with Crippen LogP contribution in [0.3, 0.4) is 0 Å². The average Bonchev–Trinajstić information content (AvgIpc) is 2.47. The zero-order valence-corrected chi connectivity index (χ0v) is 18.0. The first-order valence-electron chi connectivity index (χ1n) is 10.3. The molecule has 0 spiro atoms. The third-order valence-electron chi connectivity index (χ3n) is 5.43. The van der Waals surface area contributed by atoms with E-state index < -0.39 is 12.2 Å². The predicted molar refractivity (Wildman–Crippen MR) is 113 cm³/mol. The highest BCUT2D eigenvalue weighted by atomic mass is 16.3. The standard InChI is InChI=1S/C24H42O2/c1-18(11-10-13-23(3,4)5)17-24(6,7)14-9-8-12-20-15-21(25)19(2)22(26)16-20/h8-9,12,18,21-22,25-26H,2,10-11,13-17H2,1,3-7H3/t18?,21-,22-/m1/s1. The van der Waals surface area contributed by atoms with E-state index in [9.17, 15) is 10.2 Å². The first kappa shape index (κ1) is 23.2. The summed E-state index contributed by atoms with van der Waals surface area (Å²) in [5.41, 5.74) is 2.39. The van der Waals surface area contributed by atoms with Crippen molar-refractivity contribution < 1.29 is 10.2 Å². The molecule has 0 aromatic carbocycles. The molecule has 3 atom stereocenters.